The van der Waals surface area contributed by atoms with Crippen LogP contribution in [0.1, 0.15) is 26.3 Å². The standard InChI is InChI=1S/C22H30N2O9/c1-12(2)16(24-22(30)33-11-14-9-7-6-8-10-14)18(25)23-17(19(26)27)13(3)15(20(28)31-4)21(29)32-5/h6-10,12-13,15-17H,11H2,1-5H3,(H,23,25)(H,24,30)(H,26,27)/t13-,16-,17-/m1/s1. The number of amides is 2. The van der Waals surface area contributed by atoms with E-state index in [0.717, 1.165) is 19.8 Å². The molecule has 0 spiro atoms. The zero-order chi connectivity index (χ0) is 25.1. The number of carboxylic acids is 1. The number of carbonyl (C=O) groups is 5. The van der Waals surface area contributed by atoms with Crippen LogP contribution in [0, 0.1) is 17.8 Å². The van der Waals surface area contributed by atoms with Gasteiger partial charge in [0, 0.05) is 5.92 Å². The van der Waals surface area contributed by atoms with Crippen LogP contribution in [0.4, 0.5) is 4.79 Å². The molecule has 1 aromatic rings. The monoisotopic (exact) mass is 466 g/mol. The average Bonchev–Trinajstić information content (AvgIpc) is 2.79. The van der Waals surface area contributed by atoms with Crippen molar-refractivity contribution in [3.05, 3.63) is 35.9 Å². The minimum Gasteiger partial charge on any atom is -0.480 e. The highest BCUT2D eigenvalue weighted by Gasteiger charge is 2.42. The molecule has 0 bridgehead atoms. The van der Waals surface area contributed by atoms with Gasteiger partial charge in [-0.2, -0.15) is 0 Å². The number of esters is 2. The van der Waals surface area contributed by atoms with Crippen LogP contribution in [0.3, 0.4) is 0 Å². The summed E-state index contributed by atoms with van der Waals surface area (Å²) >= 11 is 0. The van der Waals surface area contributed by atoms with E-state index >= 15 is 0 Å². The van der Waals surface area contributed by atoms with Crippen molar-refractivity contribution >= 4 is 29.9 Å². The van der Waals surface area contributed by atoms with Gasteiger partial charge in [0.25, 0.3) is 0 Å². The molecular weight excluding hydrogens is 436 g/mol. The Balaban J connectivity index is 2.93. The Labute approximate surface area is 191 Å². The summed E-state index contributed by atoms with van der Waals surface area (Å²) in [7, 11) is 2.08. The molecule has 182 valence electrons. The number of aliphatic carboxylic acids is 1. The minimum atomic E-state index is -1.65. The third-order valence-corrected chi connectivity index (χ3v) is 4.96. The third-order valence-electron chi connectivity index (χ3n) is 4.96. The Hall–Kier alpha value is -3.63. The van der Waals surface area contributed by atoms with Gasteiger partial charge < -0.3 is 30.0 Å². The second kappa shape index (κ2) is 13.0. The van der Waals surface area contributed by atoms with Crippen LogP contribution in [-0.2, 0) is 40.0 Å². The molecule has 0 aliphatic rings. The largest absolute Gasteiger partial charge is 0.480 e. The van der Waals surface area contributed by atoms with E-state index in [-0.39, 0.29) is 6.61 Å². The van der Waals surface area contributed by atoms with E-state index in [4.69, 9.17) is 4.74 Å². The van der Waals surface area contributed by atoms with Crippen molar-refractivity contribution < 1.29 is 43.3 Å². The van der Waals surface area contributed by atoms with E-state index in [0.29, 0.717) is 0 Å². The Morgan fingerprint density at radius 3 is 1.88 bits per heavy atom. The highest BCUT2D eigenvalue weighted by Crippen LogP contribution is 2.20. The van der Waals surface area contributed by atoms with Crippen molar-refractivity contribution in [1.82, 2.24) is 10.6 Å². The van der Waals surface area contributed by atoms with Crippen LogP contribution in [0.5, 0.6) is 0 Å². The predicted molar refractivity (Wildman–Crippen MR) is 115 cm³/mol. The number of methoxy groups -OCH3 is 2. The lowest BCUT2D eigenvalue weighted by atomic mass is 9.87. The Bertz CT molecular complexity index is 826. The Morgan fingerprint density at radius 2 is 1.42 bits per heavy atom. The first-order chi connectivity index (χ1) is 15.5. The fourth-order valence-electron chi connectivity index (χ4n) is 3.06. The Morgan fingerprint density at radius 1 is 0.879 bits per heavy atom. The van der Waals surface area contributed by atoms with E-state index in [1.54, 1.807) is 38.1 Å². The number of alkyl carbamates (subject to hydrolysis) is 1. The number of ether oxygens (including phenoxy) is 3. The van der Waals surface area contributed by atoms with E-state index in [9.17, 15) is 29.1 Å². The van der Waals surface area contributed by atoms with E-state index < -0.39 is 59.7 Å². The molecule has 11 nitrogen and oxygen atoms in total. The number of hydrogen-bond acceptors (Lipinski definition) is 8. The maximum atomic E-state index is 12.8. The lowest BCUT2D eigenvalue weighted by Crippen LogP contribution is -2.57. The maximum Gasteiger partial charge on any atom is 0.408 e. The lowest BCUT2D eigenvalue weighted by Gasteiger charge is -2.28. The molecule has 0 saturated heterocycles. The summed E-state index contributed by atoms with van der Waals surface area (Å²) in [6.07, 6.45) is -0.866. The second-order valence-electron chi connectivity index (χ2n) is 7.64. The molecule has 0 radical (unpaired) electrons. The second-order valence-corrected chi connectivity index (χ2v) is 7.64. The summed E-state index contributed by atoms with van der Waals surface area (Å²) < 4.78 is 14.3. The van der Waals surface area contributed by atoms with Crippen LogP contribution in [0.25, 0.3) is 0 Å². The third kappa shape index (κ3) is 8.09. The molecule has 1 aromatic carbocycles. The number of nitrogens with one attached hydrogen (secondary N) is 2. The molecule has 0 heterocycles. The first-order valence-electron chi connectivity index (χ1n) is 10.2. The lowest BCUT2D eigenvalue weighted by molar-refractivity contribution is -0.163. The fraction of sp³-hybridized carbons (Fsp3) is 0.500. The van der Waals surface area contributed by atoms with Crippen molar-refractivity contribution in [3.8, 4) is 0 Å². The van der Waals surface area contributed by atoms with Crippen molar-refractivity contribution in [1.29, 1.82) is 0 Å². The first kappa shape index (κ1) is 27.4. The molecule has 3 atom stereocenters. The van der Waals surface area contributed by atoms with Crippen LogP contribution in [0.2, 0.25) is 0 Å². The van der Waals surface area contributed by atoms with Gasteiger partial charge in [-0.05, 0) is 11.5 Å². The SMILES string of the molecule is COC(=O)C(C(=O)OC)[C@@H](C)[C@@H](NC(=O)[C@H](NC(=O)OCc1ccccc1)C(C)C)C(=O)O. The highest BCUT2D eigenvalue weighted by molar-refractivity contribution is 5.96. The molecule has 0 aliphatic carbocycles. The summed E-state index contributed by atoms with van der Waals surface area (Å²) in [6, 6.07) is 6.11. The number of carbonyl (C=O) groups excluding carboxylic acids is 4. The van der Waals surface area contributed by atoms with Crippen molar-refractivity contribution in [3.63, 3.8) is 0 Å². The summed E-state index contributed by atoms with van der Waals surface area (Å²) in [5, 5.41) is 14.3. The van der Waals surface area contributed by atoms with Gasteiger partial charge in [0.05, 0.1) is 14.2 Å². The van der Waals surface area contributed by atoms with E-state index in [2.05, 4.69) is 20.1 Å². The van der Waals surface area contributed by atoms with Gasteiger partial charge in [-0.15, -0.1) is 0 Å². The smallest absolute Gasteiger partial charge is 0.408 e. The summed E-state index contributed by atoms with van der Waals surface area (Å²) in [4.78, 5) is 61.0. The molecule has 0 saturated carbocycles. The highest BCUT2D eigenvalue weighted by atomic mass is 16.6. The van der Waals surface area contributed by atoms with E-state index in [1.165, 1.54) is 6.92 Å². The topological polar surface area (TPSA) is 157 Å². The van der Waals surface area contributed by atoms with Gasteiger partial charge in [-0.25, -0.2) is 9.59 Å². The minimum absolute atomic E-state index is 0.0200. The van der Waals surface area contributed by atoms with Crippen LogP contribution in [-0.4, -0.2) is 61.3 Å². The van der Waals surface area contributed by atoms with Crippen molar-refractivity contribution in [2.45, 2.75) is 39.5 Å². The van der Waals surface area contributed by atoms with Crippen molar-refractivity contribution in [2.24, 2.45) is 17.8 Å². The summed E-state index contributed by atoms with van der Waals surface area (Å²) in [5.41, 5.74) is 0.745. The molecule has 2 amide bonds. The molecule has 3 N–H and O–H groups in total. The van der Waals surface area contributed by atoms with Gasteiger partial charge in [-0.1, -0.05) is 51.1 Å². The molecule has 1 rings (SSSR count). The molecular formula is C22H30N2O9. The zero-order valence-electron chi connectivity index (χ0n) is 19.2. The number of carboxylic acid groups (broad SMARTS) is 1. The maximum absolute atomic E-state index is 12.8. The Kier molecular flexibility index (Phi) is 10.8. The van der Waals surface area contributed by atoms with Gasteiger partial charge in [0.15, 0.2) is 5.92 Å². The summed E-state index contributed by atoms with van der Waals surface area (Å²) in [6.45, 7) is 4.57. The summed E-state index contributed by atoms with van der Waals surface area (Å²) in [5.74, 6) is -7.55. The molecule has 11 heteroatoms. The van der Waals surface area contributed by atoms with Gasteiger partial charge >= 0.3 is 24.0 Å². The predicted octanol–water partition coefficient (Wildman–Crippen LogP) is 1.11. The van der Waals surface area contributed by atoms with Crippen LogP contribution >= 0.6 is 0 Å². The van der Waals surface area contributed by atoms with Crippen LogP contribution in [0.15, 0.2) is 30.3 Å². The average molecular weight is 466 g/mol. The first-order valence-corrected chi connectivity index (χ1v) is 10.2. The molecule has 0 unspecified atom stereocenters. The van der Waals surface area contributed by atoms with Gasteiger partial charge in [-0.3, -0.25) is 14.4 Å². The molecule has 0 fully saturated rings. The van der Waals surface area contributed by atoms with Gasteiger partial charge in [0.2, 0.25) is 5.91 Å². The molecule has 0 aliphatic heterocycles. The normalized spacial score (nSPS) is 13.4. The van der Waals surface area contributed by atoms with Crippen molar-refractivity contribution in [2.75, 3.05) is 14.2 Å². The quantitative estimate of drug-likeness (QED) is 0.247. The number of benzene rings is 1. The van der Waals surface area contributed by atoms with E-state index in [1.807, 2.05) is 6.07 Å². The zero-order valence-corrected chi connectivity index (χ0v) is 19.2. The fourth-order valence-corrected chi connectivity index (χ4v) is 3.06. The molecule has 0 aromatic heterocycles. The van der Waals surface area contributed by atoms with Gasteiger partial charge in [0.1, 0.15) is 18.7 Å². The number of hydrogen-bond donors (Lipinski definition) is 3. The molecule has 33 heavy (non-hydrogen) atoms. The van der Waals surface area contributed by atoms with Crippen LogP contribution < -0.4 is 10.6 Å². The number of rotatable bonds is 11.